The number of nitrogens with one attached hydrogen (secondary N) is 1. The van der Waals surface area contributed by atoms with Gasteiger partial charge in [-0.2, -0.15) is 0 Å². The predicted octanol–water partition coefficient (Wildman–Crippen LogP) is 3.49. The van der Waals surface area contributed by atoms with E-state index in [9.17, 15) is 9.59 Å². The average Bonchev–Trinajstić information content (AvgIpc) is 2.60. The second-order valence-corrected chi connectivity index (χ2v) is 5.97. The summed E-state index contributed by atoms with van der Waals surface area (Å²) in [4.78, 5) is 23.4. The van der Waals surface area contributed by atoms with Crippen molar-refractivity contribution in [2.45, 2.75) is 13.0 Å². The van der Waals surface area contributed by atoms with Crippen molar-refractivity contribution in [3.05, 3.63) is 64.1 Å². The Kier molecular flexibility index (Phi) is 6.37. The molecule has 0 saturated heterocycles. The molecule has 0 heterocycles. The molecule has 0 aliphatic carbocycles. The highest BCUT2D eigenvalue weighted by Crippen LogP contribution is 2.22. The van der Waals surface area contributed by atoms with Crippen molar-refractivity contribution in [3.63, 3.8) is 0 Å². The number of halogens is 1. The minimum Gasteiger partial charge on any atom is -0.484 e. The normalized spacial score (nSPS) is 11.5. The van der Waals surface area contributed by atoms with Crippen LogP contribution in [-0.4, -0.2) is 25.6 Å². The molecule has 0 fully saturated rings. The lowest BCUT2D eigenvalue weighted by Crippen LogP contribution is -2.31. The zero-order chi connectivity index (χ0) is 17.5. The van der Waals surface area contributed by atoms with E-state index in [2.05, 4.69) is 26.0 Å². The lowest BCUT2D eigenvalue weighted by atomic mass is 10.1. The van der Waals surface area contributed by atoms with Crippen LogP contribution in [0.5, 0.6) is 5.75 Å². The molecule has 24 heavy (non-hydrogen) atoms. The van der Waals surface area contributed by atoms with E-state index in [-0.39, 0.29) is 18.6 Å². The molecule has 2 aromatic rings. The van der Waals surface area contributed by atoms with E-state index in [4.69, 9.17) is 4.74 Å². The van der Waals surface area contributed by atoms with Crippen molar-refractivity contribution in [3.8, 4) is 5.75 Å². The van der Waals surface area contributed by atoms with Gasteiger partial charge in [-0.05, 0) is 42.8 Å². The van der Waals surface area contributed by atoms with Crippen LogP contribution in [0.1, 0.15) is 28.9 Å². The molecule has 0 aromatic heterocycles. The van der Waals surface area contributed by atoms with Gasteiger partial charge < -0.3 is 14.8 Å². The topological polar surface area (TPSA) is 64.6 Å². The van der Waals surface area contributed by atoms with E-state index >= 15 is 0 Å². The molecule has 0 radical (unpaired) electrons. The summed E-state index contributed by atoms with van der Waals surface area (Å²) in [5, 5.41) is 2.88. The maximum absolute atomic E-state index is 12.0. The van der Waals surface area contributed by atoms with Crippen LogP contribution >= 0.6 is 15.9 Å². The summed E-state index contributed by atoms with van der Waals surface area (Å²) in [5.41, 5.74) is 1.42. The second-order valence-electron chi connectivity index (χ2n) is 5.12. The van der Waals surface area contributed by atoms with E-state index < -0.39 is 5.97 Å². The Bertz CT molecular complexity index is 715. The Morgan fingerprint density at radius 2 is 1.79 bits per heavy atom. The number of methoxy groups -OCH3 is 1. The van der Waals surface area contributed by atoms with Gasteiger partial charge in [0.2, 0.25) is 0 Å². The molecule has 0 saturated carbocycles. The quantitative estimate of drug-likeness (QED) is 0.765. The molecular weight excluding hydrogens is 374 g/mol. The SMILES string of the molecule is COC(=O)c1ccc(OCC(=O)N[C@@H](C)c2ccccc2Br)cc1. The molecule has 126 valence electrons. The smallest absolute Gasteiger partial charge is 0.337 e. The summed E-state index contributed by atoms with van der Waals surface area (Å²) in [5.74, 6) is -0.136. The highest BCUT2D eigenvalue weighted by Gasteiger charge is 2.12. The van der Waals surface area contributed by atoms with Crippen molar-refractivity contribution in [2.75, 3.05) is 13.7 Å². The number of hydrogen-bond acceptors (Lipinski definition) is 4. The Morgan fingerprint density at radius 1 is 1.12 bits per heavy atom. The van der Waals surface area contributed by atoms with Crippen LogP contribution in [0.3, 0.4) is 0 Å². The minimum atomic E-state index is -0.415. The van der Waals surface area contributed by atoms with E-state index in [1.165, 1.54) is 7.11 Å². The third-order valence-corrected chi connectivity index (χ3v) is 4.12. The number of benzene rings is 2. The van der Waals surface area contributed by atoms with Crippen LogP contribution in [-0.2, 0) is 9.53 Å². The molecule has 0 aliphatic heterocycles. The minimum absolute atomic E-state index is 0.105. The van der Waals surface area contributed by atoms with E-state index in [1.807, 2.05) is 31.2 Å². The summed E-state index contributed by atoms with van der Waals surface area (Å²) in [6, 6.07) is 14.0. The number of carbonyl (C=O) groups is 2. The fourth-order valence-electron chi connectivity index (χ4n) is 2.14. The molecule has 2 rings (SSSR count). The van der Waals surface area contributed by atoms with Crippen LogP contribution in [0.15, 0.2) is 53.0 Å². The van der Waals surface area contributed by atoms with Crippen molar-refractivity contribution in [2.24, 2.45) is 0 Å². The molecule has 0 aliphatic rings. The van der Waals surface area contributed by atoms with Gasteiger partial charge in [0.05, 0.1) is 18.7 Å². The summed E-state index contributed by atoms with van der Waals surface area (Å²) in [7, 11) is 1.32. The maximum Gasteiger partial charge on any atom is 0.337 e. The van der Waals surface area contributed by atoms with Gasteiger partial charge >= 0.3 is 5.97 Å². The molecule has 0 spiro atoms. The Morgan fingerprint density at radius 3 is 2.42 bits per heavy atom. The van der Waals surface area contributed by atoms with Gasteiger partial charge in [0, 0.05) is 4.47 Å². The van der Waals surface area contributed by atoms with Gasteiger partial charge in [0.15, 0.2) is 6.61 Å². The van der Waals surface area contributed by atoms with E-state index in [0.29, 0.717) is 11.3 Å². The highest BCUT2D eigenvalue weighted by atomic mass is 79.9. The van der Waals surface area contributed by atoms with Gasteiger partial charge in [-0.25, -0.2) is 4.79 Å². The lowest BCUT2D eigenvalue weighted by Gasteiger charge is -2.16. The number of hydrogen-bond donors (Lipinski definition) is 1. The fraction of sp³-hybridized carbons (Fsp3) is 0.222. The van der Waals surface area contributed by atoms with Crippen LogP contribution in [0, 0.1) is 0 Å². The van der Waals surface area contributed by atoms with E-state index in [1.54, 1.807) is 24.3 Å². The zero-order valence-corrected chi connectivity index (χ0v) is 15.0. The molecular formula is C18H18BrNO4. The first kappa shape index (κ1) is 18.0. The molecule has 0 unspecified atom stereocenters. The van der Waals surface area contributed by atoms with Crippen LogP contribution in [0.25, 0.3) is 0 Å². The molecule has 1 amide bonds. The molecule has 0 bridgehead atoms. The fourth-order valence-corrected chi connectivity index (χ4v) is 2.77. The zero-order valence-electron chi connectivity index (χ0n) is 13.4. The number of carbonyl (C=O) groups excluding carboxylic acids is 2. The maximum atomic E-state index is 12.0. The standard InChI is InChI=1S/C18H18BrNO4/c1-12(15-5-3-4-6-16(15)19)20-17(21)11-24-14-9-7-13(8-10-14)18(22)23-2/h3-10,12H,11H2,1-2H3,(H,20,21)/t12-/m0/s1. The van der Waals surface area contributed by atoms with Crippen LogP contribution < -0.4 is 10.1 Å². The third kappa shape index (κ3) is 4.83. The number of rotatable bonds is 6. The molecule has 1 atom stereocenters. The number of ether oxygens (including phenoxy) is 2. The molecule has 2 aromatic carbocycles. The molecule has 6 heteroatoms. The van der Waals surface area contributed by atoms with Gasteiger partial charge in [0.25, 0.3) is 5.91 Å². The van der Waals surface area contributed by atoms with Gasteiger partial charge in [-0.3, -0.25) is 4.79 Å². The largest absolute Gasteiger partial charge is 0.484 e. The number of amides is 1. The lowest BCUT2D eigenvalue weighted by molar-refractivity contribution is -0.123. The second kappa shape index (κ2) is 8.49. The van der Waals surface area contributed by atoms with Gasteiger partial charge in [-0.15, -0.1) is 0 Å². The van der Waals surface area contributed by atoms with Crippen LogP contribution in [0.4, 0.5) is 0 Å². The summed E-state index contributed by atoms with van der Waals surface area (Å²) >= 11 is 3.47. The Balaban J connectivity index is 1.87. The first-order valence-corrected chi connectivity index (χ1v) is 8.15. The predicted molar refractivity (Wildman–Crippen MR) is 94.0 cm³/mol. The van der Waals surface area contributed by atoms with Crippen molar-refractivity contribution in [1.82, 2.24) is 5.32 Å². The van der Waals surface area contributed by atoms with E-state index in [0.717, 1.165) is 10.0 Å². The third-order valence-electron chi connectivity index (χ3n) is 3.39. The Hall–Kier alpha value is -2.34. The molecule has 5 nitrogen and oxygen atoms in total. The van der Waals surface area contributed by atoms with Crippen molar-refractivity contribution in [1.29, 1.82) is 0 Å². The average molecular weight is 392 g/mol. The summed E-state index contributed by atoms with van der Waals surface area (Å²) in [6.45, 7) is 1.80. The first-order valence-electron chi connectivity index (χ1n) is 7.36. The molecule has 1 N–H and O–H groups in total. The van der Waals surface area contributed by atoms with Gasteiger partial charge in [0.1, 0.15) is 5.75 Å². The summed E-state index contributed by atoms with van der Waals surface area (Å²) < 4.78 is 11.0. The van der Waals surface area contributed by atoms with Gasteiger partial charge in [-0.1, -0.05) is 34.1 Å². The van der Waals surface area contributed by atoms with Crippen LogP contribution in [0.2, 0.25) is 0 Å². The highest BCUT2D eigenvalue weighted by molar-refractivity contribution is 9.10. The monoisotopic (exact) mass is 391 g/mol. The summed E-state index contributed by atoms with van der Waals surface area (Å²) in [6.07, 6.45) is 0. The van der Waals surface area contributed by atoms with Crippen molar-refractivity contribution >= 4 is 27.8 Å². The number of esters is 1. The Labute approximate surface area is 149 Å². The van der Waals surface area contributed by atoms with Crippen molar-refractivity contribution < 1.29 is 19.1 Å². The first-order chi connectivity index (χ1) is 11.5.